The van der Waals surface area contributed by atoms with Crippen LogP contribution in [-0.4, -0.2) is 28.5 Å². The molecule has 6 heteroatoms. The van der Waals surface area contributed by atoms with Crippen molar-refractivity contribution in [1.82, 2.24) is 10.3 Å². The van der Waals surface area contributed by atoms with Crippen LogP contribution in [0, 0.1) is 0 Å². The van der Waals surface area contributed by atoms with Crippen molar-refractivity contribution >= 4 is 23.2 Å². The summed E-state index contributed by atoms with van der Waals surface area (Å²) in [6, 6.07) is 0. The average molecular weight is 242 g/mol. The standard InChI is InChI=1S/C10H14N2O3S/c1-6(2)10-12-7(5-16-10)9(15)11-4-3-8(13)14/h5-6H,3-4H2,1-2H3,(H,11,15)(H,13,14). The normalized spacial score (nSPS) is 10.4. The van der Waals surface area contributed by atoms with Crippen LogP contribution in [0.25, 0.3) is 0 Å². The molecule has 0 aliphatic rings. The second-order valence-corrected chi connectivity index (χ2v) is 4.52. The predicted molar refractivity (Wildman–Crippen MR) is 60.8 cm³/mol. The Bertz CT molecular complexity index is 387. The Morgan fingerprint density at radius 1 is 1.56 bits per heavy atom. The number of nitrogens with one attached hydrogen (secondary N) is 1. The molecule has 1 amide bonds. The van der Waals surface area contributed by atoms with E-state index in [2.05, 4.69) is 10.3 Å². The van der Waals surface area contributed by atoms with E-state index >= 15 is 0 Å². The molecular weight excluding hydrogens is 228 g/mol. The topological polar surface area (TPSA) is 79.3 Å². The highest BCUT2D eigenvalue weighted by Crippen LogP contribution is 2.18. The van der Waals surface area contributed by atoms with Crippen molar-refractivity contribution in [2.24, 2.45) is 0 Å². The molecule has 1 rings (SSSR count). The fraction of sp³-hybridized carbons (Fsp3) is 0.500. The maximum atomic E-state index is 11.5. The summed E-state index contributed by atoms with van der Waals surface area (Å²) in [6.07, 6.45) is -0.0765. The van der Waals surface area contributed by atoms with Crippen LogP contribution in [0.15, 0.2) is 5.38 Å². The van der Waals surface area contributed by atoms with E-state index in [1.807, 2.05) is 13.8 Å². The molecule has 0 aliphatic heterocycles. The minimum Gasteiger partial charge on any atom is -0.481 e. The van der Waals surface area contributed by atoms with Crippen molar-refractivity contribution in [3.8, 4) is 0 Å². The molecule has 0 unspecified atom stereocenters. The van der Waals surface area contributed by atoms with Crippen molar-refractivity contribution in [1.29, 1.82) is 0 Å². The quantitative estimate of drug-likeness (QED) is 0.819. The lowest BCUT2D eigenvalue weighted by Gasteiger charge is -2.00. The third-order valence-electron chi connectivity index (χ3n) is 1.87. The van der Waals surface area contributed by atoms with E-state index in [4.69, 9.17) is 5.11 Å². The van der Waals surface area contributed by atoms with Gasteiger partial charge in [-0.3, -0.25) is 9.59 Å². The predicted octanol–water partition coefficient (Wildman–Crippen LogP) is 1.47. The van der Waals surface area contributed by atoms with Crippen LogP contribution in [-0.2, 0) is 4.79 Å². The number of hydrogen-bond acceptors (Lipinski definition) is 4. The molecule has 88 valence electrons. The average Bonchev–Trinajstić information content (AvgIpc) is 2.65. The van der Waals surface area contributed by atoms with Gasteiger partial charge >= 0.3 is 5.97 Å². The Balaban J connectivity index is 2.49. The number of aliphatic carboxylic acids is 1. The van der Waals surface area contributed by atoms with E-state index < -0.39 is 5.97 Å². The lowest BCUT2D eigenvalue weighted by molar-refractivity contribution is -0.136. The zero-order valence-corrected chi connectivity index (χ0v) is 10.0. The van der Waals surface area contributed by atoms with Crippen molar-refractivity contribution in [3.63, 3.8) is 0 Å². The van der Waals surface area contributed by atoms with Crippen molar-refractivity contribution in [3.05, 3.63) is 16.1 Å². The molecule has 0 spiro atoms. The molecule has 16 heavy (non-hydrogen) atoms. The van der Waals surface area contributed by atoms with Crippen LogP contribution in [0.2, 0.25) is 0 Å². The van der Waals surface area contributed by atoms with E-state index in [1.54, 1.807) is 5.38 Å². The molecule has 0 aliphatic carbocycles. The van der Waals surface area contributed by atoms with Gasteiger partial charge < -0.3 is 10.4 Å². The van der Waals surface area contributed by atoms with Gasteiger partial charge in [0.25, 0.3) is 5.91 Å². The van der Waals surface area contributed by atoms with Gasteiger partial charge in [-0.15, -0.1) is 11.3 Å². The number of hydrogen-bond donors (Lipinski definition) is 2. The van der Waals surface area contributed by atoms with E-state index in [-0.39, 0.29) is 18.9 Å². The fourth-order valence-corrected chi connectivity index (χ4v) is 1.85. The number of carbonyl (C=O) groups excluding carboxylic acids is 1. The van der Waals surface area contributed by atoms with E-state index in [1.165, 1.54) is 11.3 Å². The molecule has 1 heterocycles. The molecule has 0 bridgehead atoms. The number of carbonyl (C=O) groups is 2. The van der Waals surface area contributed by atoms with Crippen molar-refractivity contribution in [2.75, 3.05) is 6.54 Å². The first kappa shape index (κ1) is 12.6. The van der Waals surface area contributed by atoms with E-state index in [0.717, 1.165) is 5.01 Å². The van der Waals surface area contributed by atoms with Gasteiger partial charge in [-0.1, -0.05) is 13.8 Å². The zero-order chi connectivity index (χ0) is 12.1. The highest BCUT2D eigenvalue weighted by molar-refractivity contribution is 7.09. The first-order valence-corrected chi connectivity index (χ1v) is 5.84. The minimum atomic E-state index is -0.929. The largest absolute Gasteiger partial charge is 0.481 e. The summed E-state index contributed by atoms with van der Waals surface area (Å²) in [5.74, 6) is -0.948. The van der Waals surface area contributed by atoms with Gasteiger partial charge in [0, 0.05) is 17.8 Å². The molecule has 1 aromatic rings. The Morgan fingerprint density at radius 3 is 2.75 bits per heavy atom. The number of nitrogens with zero attached hydrogens (tertiary/aromatic N) is 1. The third-order valence-corrected chi connectivity index (χ3v) is 3.02. The van der Waals surface area contributed by atoms with Gasteiger partial charge in [0.15, 0.2) is 0 Å². The summed E-state index contributed by atoms with van der Waals surface area (Å²) >= 11 is 1.44. The summed E-state index contributed by atoms with van der Waals surface area (Å²) in [6.45, 7) is 4.14. The van der Waals surface area contributed by atoms with Gasteiger partial charge in [-0.25, -0.2) is 4.98 Å². The second-order valence-electron chi connectivity index (χ2n) is 3.63. The Morgan fingerprint density at radius 2 is 2.25 bits per heavy atom. The summed E-state index contributed by atoms with van der Waals surface area (Å²) in [5, 5.41) is 13.5. The second kappa shape index (κ2) is 5.60. The molecule has 2 N–H and O–H groups in total. The number of thiazole rings is 1. The summed E-state index contributed by atoms with van der Waals surface area (Å²) in [4.78, 5) is 25.9. The van der Waals surface area contributed by atoms with Gasteiger partial charge in [0.1, 0.15) is 5.69 Å². The number of aromatic nitrogens is 1. The van der Waals surface area contributed by atoms with Gasteiger partial charge in [-0.05, 0) is 0 Å². The Labute approximate surface area is 97.5 Å². The maximum Gasteiger partial charge on any atom is 0.305 e. The van der Waals surface area contributed by atoms with Crippen LogP contribution < -0.4 is 5.32 Å². The Kier molecular flexibility index (Phi) is 4.42. The molecular formula is C10H14N2O3S. The summed E-state index contributed by atoms with van der Waals surface area (Å²) in [7, 11) is 0. The molecule has 0 fully saturated rings. The molecule has 0 saturated heterocycles. The minimum absolute atomic E-state index is 0.0765. The van der Waals surface area contributed by atoms with E-state index in [0.29, 0.717) is 11.6 Å². The van der Waals surface area contributed by atoms with Crippen molar-refractivity contribution in [2.45, 2.75) is 26.2 Å². The van der Waals surface area contributed by atoms with Crippen LogP contribution >= 0.6 is 11.3 Å². The molecule has 0 aromatic carbocycles. The monoisotopic (exact) mass is 242 g/mol. The van der Waals surface area contributed by atoms with Crippen LogP contribution in [0.5, 0.6) is 0 Å². The SMILES string of the molecule is CC(C)c1nc(C(=O)NCCC(=O)O)cs1. The van der Waals surface area contributed by atoms with Crippen LogP contribution in [0.1, 0.15) is 41.7 Å². The van der Waals surface area contributed by atoms with Crippen molar-refractivity contribution < 1.29 is 14.7 Å². The molecule has 1 aromatic heterocycles. The van der Waals surface area contributed by atoms with Gasteiger partial charge in [-0.2, -0.15) is 0 Å². The first-order chi connectivity index (χ1) is 7.50. The summed E-state index contributed by atoms with van der Waals surface area (Å²) in [5.41, 5.74) is 0.360. The molecule has 0 saturated carbocycles. The molecule has 5 nitrogen and oxygen atoms in total. The number of carboxylic acids is 1. The third kappa shape index (κ3) is 3.62. The zero-order valence-electron chi connectivity index (χ0n) is 9.19. The first-order valence-electron chi connectivity index (χ1n) is 4.96. The highest BCUT2D eigenvalue weighted by atomic mass is 32.1. The number of carboxylic acid groups (broad SMARTS) is 1. The number of rotatable bonds is 5. The van der Waals surface area contributed by atoms with Crippen LogP contribution in [0.3, 0.4) is 0 Å². The highest BCUT2D eigenvalue weighted by Gasteiger charge is 2.12. The van der Waals surface area contributed by atoms with Crippen LogP contribution in [0.4, 0.5) is 0 Å². The number of amides is 1. The van der Waals surface area contributed by atoms with Gasteiger partial charge in [0.05, 0.1) is 11.4 Å². The smallest absolute Gasteiger partial charge is 0.305 e. The van der Waals surface area contributed by atoms with Gasteiger partial charge in [0.2, 0.25) is 0 Å². The maximum absolute atomic E-state index is 11.5. The Hall–Kier alpha value is -1.43. The lowest BCUT2D eigenvalue weighted by Crippen LogP contribution is -2.26. The molecule has 0 radical (unpaired) electrons. The van der Waals surface area contributed by atoms with E-state index in [9.17, 15) is 9.59 Å². The molecule has 0 atom stereocenters. The summed E-state index contributed by atoms with van der Waals surface area (Å²) < 4.78 is 0. The fourth-order valence-electron chi connectivity index (χ4n) is 1.03. The lowest BCUT2D eigenvalue weighted by atomic mass is 10.2.